The fourth-order valence-electron chi connectivity index (χ4n) is 4.55. The van der Waals surface area contributed by atoms with Crippen LogP contribution in [0.3, 0.4) is 0 Å². The van der Waals surface area contributed by atoms with Crippen LogP contribution in [0.1, 0.15) is 49.9 Å². The zero-order chi connectivity index (χ0) is 18.8. The molecule has 0 radical (unpaired) electrons. The number of aromatic nitrogens is 3. The molecule has 0 amide bonds. The molecular formula is C18H20F2N4O2S. The molecule has 2 aromatic rings. The van der Waals surface area contributed by atoms with Crippen molar-refractivity contribution in [2.24, 2.45) is 5.41 Å². The summed E-state index contributed by atoms with van der Waals surface area (Å²) in [6.45, 7) is 0.539. The molecule has 144 valence electrons. The molecule has 27 heavy (non-hydrogen) atoms. The second-order valence-electron chi connectivity index (χ2n) is 7.97. The number of sulfonamides is 1. The van der Waals surface area contributed by atoms with Crippen molar-refractivity contribution < 1.29 is 17.2 Å². The monoisotopic (exact) mass is 394 g/mol. The third-order valence-electron chi connectivity index (χ3n) is 6.33. The predicted molar refractivity (Wildman–Crippen MR) is 92.4 cm³/mol. The number of halogens is 2. The number of hydrogen-bond acceptors (Lipinski definition) is 4. The molecule has 3 fully saturated rings. The minimum Gasteiger partial charge on any atom is -0.314 e. The van der Waals surface area contributed by atoms with Gasteiger partial charge >= 0.3 is 0 Å². The highest BCUT2D eigenvalue weighted by Gasteiger charge is 2.55. The van der Waals surface area contributed by atoms with Crippen LogP contribution in [0.5, 0.6) is 0 Å². The van der Waals surface area contributed by atoms with Crippen LogP contribution in [-0.4, -0.2) is 40.6 Å². The summed E-state index contributed by atoms with van der Waals surface area (Å²) in [5.74, 6) is -0.934. The van der Waals surface area contributed by atoms with E-state index in [1.807, 2.05) is 0 Å². The molecule has 1 aromatic carbocycles. The van der Waals surface area contributed by atoms with Gasteiger partial charge in [-0.05, 0) is 49.3 Å². The van der Waals surface area contributed by atoms with Crippen molar-refractivity contribution in [2.75, 3.05) is 13.1 Å². The summed E-state index contributed by atoms with van der Waals surface area (Å²) in [5, 5.41) is 8.37. The van der Waals surface area contributed by atoms with Crippen LogP contribution in [0.15, 0.2) is 29.4 Å². The average Bonchev–Trinajstić information content (AvgIpc) is 3.18. The van der Waals surface area contributed by atoms with Crippen molar-refractivity contribution in [2.45, 2.75) is 49.0 Å². The molecule has 1 atom stereocenters. The third-order valence-corrected chi connectivity index (χ3v) is 8.16. The van der Waals surface area contributed by atoms with Gasteiger partial charge < -0.3 is 4.57 Å². The molecule has 1 aliphatic heterocycles. The Morgan fingerprint density at radius 3 is 2.63 bits per heavy atom. The number of rotatable bonds is 4. The summed E-state index contributed by atoms with van der Waals surface area (Å²) in [6.07, 6.45) is 6.75. The van der Waals surface area contributed by atoms with E-state index in [2.05, 4.69) is 14.8 Å². The first-order chi connectivity index (χ1) is 12.9. The van der Waals surface area contributed by atoms with Gasteiger partial charge in [0.15, 0.2) is 0 Å². The predicted octanol–water partition coefficient (Wildman–Crippen LogP) is 2.85. The van der Waals surface area contributed by atoms with Gasteiger partial charge in [-0.3, -0.25) is 0 Å². The molecule has 2 aliphatic carbocycles. The first kappa shape index (κ1) is 17.2. The maximum absolute atomic E-state index is 14.2. The molecule has 1 unspecified atom stereocenters. The van der Waals surface area contributed by atoms with E-state index >= 15 is 0 Å². The summed E-state index contributed by atoms with van der Waals surface area (Å²) in [7, 11) is -4.12. The van der Waals surface area contributed by atoms with Crippen molar-refractivity contribution >= 4 is 10.0 Å². The zero-order valence-electron chi connectivity index (χ0n) is 14.7. The Bertz CT molecular complexity index is 999. The van der Waals surface area contributed by atoms with E-state index in [0.717, 1.165) is 56.1 Å². The molecule has 6 nitrogen and oxygen atoms in total. The highest BCUT2D eigenvalue weighted by atomic mass is 32.2. The summed E-state index contributed by atoms with van der Waals surface area (Å²) >= 11 is 0. The minimum atomic E-state index is -4.12. The van der Waals surface area contributed by atoms with Crippen molar-refractivity contribution in [3.63, 3.8) is 0 Å². The summed E-state index contributed by atoms with van der Waals surface area (Å²) in [4.78, 5) is -0.596. The standard InChI is InChI=1S/C18H20F2N4O2S/c19-12-2-5-15(20)16(8-12)27(25,26)23-9-14(18(10-23)6-1-7-18)17-22-21-11-24(17)13-3-4-13/h2,5,8,11,13-14H,1,3-4,6-7,9-10H2. The highest BCUT2D eigenvalue weighted by Crippen LogP contribution is 2.57. The Morgan fingerprint density at radius 1 is 1.19 bits per heavy atom. The fourth-order valence-corrected chi connectivity index (χ4v) is 6.17. The van der Waals surface area contributed by atoms with Crippen LogP contribution >= 0.6 is 0 Å². The lowest BCUT2D eigenvalue weighted by atomic mass is 9.62. The van der Waals surface area contributed by atoms with Gasteiger partial charge in [-0.1, -0.05) is 6.42 Å². The van der Waals surface area contributed by atoms with Crippen LogP contribution in [0.4, 0.5) is 8.78 Å². The normalized spacial score (nSPS) is 25.0. The number of benzene rings is 1. The summed E-state index contributed by atoms with van der Waals surface area (Å²) in [6, 6.07) is 2.95. The lowest BCUT2D eigenvalue weighted by Crippen LogP contribution is -2.38. The minimum absolute atomic E-state index is 0.0688. The lowest BCUT2D eigenvalue weighted by Gasteiger charge is -2.42. The molecule has 1 aromatic heterocycles. The Balaban J connectivity index is 1.52. The Labute approximate surface area is 156 Å². The Hall–Kier alpha value is -1.87. The molecule has 0 bridgehead atoms. The van der Waals surface area contributed by atoms with Crippen molar-refractivity contribution in [3.8, 4) is 0 Å². The molecule has 1 spiro atoms. The molecule has 0 N–H and O–H groups in total. The van der Waals surface area contributed by atoms with Gasteiger partial charge in [0.25, 0.3) is 0 Å². The molecule has 5 rings (SSSR count). The molecular weight excluding hydrogens is 374 g/mol. The van der Waals surface area contributed by atoms with E-state index in [9.17, 15) is 17.2 Å². The van der Waals surface area contributed by atoms with E-state index in [1.54, 1.807) is 6.33 Å². The van der Waals surface area contributed by atoms with Gasteiger partial charge in [-0.15, -0.1) is 10.2 Å². The first-order valence-electron chi connectivity index (χ1n) is 9.25. The van der Waals surface area contributed by atoms with Gasteiger partial charge in [-0.25, -0.2) is 17.2 Å². The maximum Gasteiger partial charge on any atom is 0.246 e. The second kappa shape index (κ2) is 5.81. The molecule has 2 saturated carbocycles. The molecule has 9 heteroatoms. The van der Waals surface area contributed by atoms with Gasteiger partial charge in [0.1, 0.15) is 28.7 Å². The average molecular weight is 394 g/mol. The van der Waals surface area contributed by atoms with E-state index < -0.39 is 26.6 Å². The van der Waals surface area contributed by atoms with Crippen LogP contribution in [-0.2, 0) is 10.0 Å². The fraction of sp³-hybridized carbons (Fsp3) is 0.556. The summed E-state index contributed by atoms with van der Waals surface area (Å²) in [5.41, 5.74) is -0.184. The van der Waals surface area contributed by atoms with Gasteiger partial charge in [0.2, 0.25) is 10.0 Å². The summed E-state index contributed by atoms with van der Waals surface area (Å²) < 4.78 is 57.2. The highest BCUT2D eigenvalue weighted by molar-refractivity contribution is 7.89. The quantitative estimate of drug-likeness (QED) is 0.800. The van der Waals surface area contributed by atoms with Crippen molar-refractivity contribution in [3.05, 3.63) is 42.0 Å². The van der Waals surface area contributed by atoms with E-state index in [0.29, 0.717) is 12.6 Å². The SMILES string of the molecule is O=S(=O)(c1cc(F)ccc1F)N1CC(c2nncn2C2CC2)C2(CCC2)C1. The lowest BCUT2D eigenvalue weighted by molar-refractivity contribution is 0.125. The zero-order valence-corrected chi connectivity index (χ0v) is 15.5. The van der Waals surface area contributed by atoms with Crippen LogP contribution in [0.25, 0.3) is 0 Å². The first-order valence-corrected chi connectivity index (χ1v) is 10.7. The molecule has 1 saturated heterocycles. The smallest absolute Gasteiger partial charge is 0.246 e. The molecule has 2 heterocycles. The van der Waals surface area contributed by atoms with Crippen LogP contribution < -0.4 is 0 Å². The Kier molecular flexibility index (Phi) is 3.71. The largest absolute Gasteiger partial charge is 0.314 e. The van der Waals surface area contributed by atoms with Crippen LogP contribution in [0.2, 0.25) is 0 Å². The second-order valence-corrected chi connectivity index (χ2v) is 9.87. The molecule has 3 aliphatic rings. The van der Waals surface area contributed by atoms with Crippen molar-refractivity contribution in [1.29, 1.82) is 0 Å². The van der Waals surface area contributed by atoms with E-state index in [1.165, 1.54) is 4.31 Å². The third kappa shape index (κ3) is 2.62. The number of hydrogen-bond donors (Lipinski definition) is 0. The maximum atomic E-state index is 14.2. The number of nitrogens with zero attached hydrogens (tertiary/aromatic N) is 4. The Morgan fingerprint density at radius 2 is 1.96 bits per heavy atom. The van der Waals surface area contributed by atoms with Crippen LogP contribution in [0, 0.1) is 17.0 Å². The van der Waals surface area contributed by atoms with Gasteiger partial charge in [0, 0.05) is 25.0 Å². The van der Waals surface area contributed by atoms with E-state index in [-0.39, 0.29) is 17.9 Å². The van der Waals surface area contributed by atoms with Gasteiger partial charge in [-0.2, -0.15) is 4.31 Å². The van der Waals surface area contributed by atoms with E-state index in [4.69, 9.17) is 0 Å². The topological polar surface area (TPSA) is 68.1 Å². The van der Waals surface area contributed by atoms with Gasteiger partial charge in [0.05, 0.1) is 0 Å². The van der Waals surface area contributed by atoms with Crippen molar-refractivity contribution in [1.82, 2.24) is 19.1 Å².